The lowest BCUT2D eigenvalue weighted by Gasteiger charge is -1.67. The number of rotatable bonds is 0. The molecule has 0 aliphatic carbocycles. The first-order valence-corrected chi connectivity index (χ1v) is 1.52. The molecule has 0 atom stereocenters. The van der Waals surface area contributed by atoms with Crippen LogP contribution in [0.3, 0.4) is 0 Å². The Bertz CT molecular complexity index is 39.4. The Balaban J connectivity index is -0.0000000184. The summed E-state index contributed by atoms with van der Waals surface area (Å²) in [6.45, 7) is 0. The van der Waals surface area contributed by atoms with E-state index in [0.29, 0.717) is 0 Å². The summed E-state index contributed by atoms with van der Waals surface area (Å²) in [7, 11) is 0. The van der Waals surface area contributed by atoms with Gasteiger partial charge in [0, 0.05) is 0 Å². The summed E-state index contributed by atoms with van der Waals surface area (Å²) in [5, 5.41) is 0. The summed E-state index contributed by atoms with van der Waals surface area (Å²) >= 11 is 0. The fraction of sp³-hybridized carbons (Fsp3) is 0. The van der Waals surface area contributed by atoms with Gasteiger partial charge in [0.1, 0.15) is 0 Å². The molecular formula is H3F12N3. The van der Waals surface area contributed by atoms with Gasteiger partial charge in [-0.05, 0) is 0 Å². The van der Waals surface area contributed by atoms with E-state index in [1.165, 1.54) is 0 Å². The molecular weight excluding hydrogens is 270 g/mol. The molecule has 15 heteroatoms. The fourth-order valence-corrected chi connectivity index (χ4v) is 0. The molecule has 0 aromatic carbocycles. The van der Waals surface area contributed by atoms with E-state index in [-0.39, 0.29) is 14.1 Å². The van der Waals surface area contributed by atoms with Crippen molar-refractivity contribution in [2.75, 3.05) is 0 Å². The largest absolute Gasteiger partial charge is 0.269 e. The minimum atomic E-state index is -2.50. The van der Waals surface area contributed by atoms with Gasteiger partial charge in [0.15, 0.2) is 16.7 Å². The predicted molar refractivity (Wildman–Crippen MR) is 23.0 cm³/mol. The normalized spacial score (nSPS) is 7.20. The summed E-state index contributed by atoms with van der Waals surface area (Å²) < 4.78 is 85.5. The van der Waals surface area contributed by atoms with E-state index >= 15 is 0 Å². The maximum absolute atomic E-state index is 9.50. The lowest BCUT2D eigenvalue weighted by atomic mass is 13.5. The molecule has 0 saturated carbocycles. The Kier molecular flexibility index (Phi) is 72.0. The van der Waals surface area contributed by atoms with Gasteiger partial charge in [0.2, 0.25) is 0 Å². The SMILES string of the molecule is F.F.F.FN(F)F.FN(F)F.FN(F)F. The van der Waals surface area contributed by atoms with Crippen molar-refractivity contribution in [3.8, 4) is 0 Å². The average molecular weight is 273 g/mol. The van der Waals surface area contributed by atoms with Crippen molar-refractivity contribution in [3.63, 3.8) is 0 Å². The van der Waals surface area contributed by atoms with E-state index in [1.807, 2.05) is 0 Å². The Morgan fingerprint density at radius 2 is 0.333 bits per heavy atom. The number of nitrogens with zero attached hydrogens (tertiary/aromatic N) is 3. The van der Waals surface area contributed by atoms with Gasteiger partial charge in [-0.3, -0.25) is 14.1 Å². The van der Waals surface area contributed by atoms with Crippen LogP contribution in [0, 0.1) is 0 Å². The predicted octanol–water partition coefficient (Wildman–Crippen LogP) is 3.28. The quantitative estimate of drug-likeness (QED) is 0.495. The van der Waals surface area contributed by atoms with Crippen LogP contribution in [0.4, 0.5) is 54.4 Å². The van der Waals surface area contributed by atoms with Gasteiger partial charge >= 0.3 is 0 Å². The van der Waals surface area contributed by atoms with E-state index in [9.17, 15) is 40.3 Å². The third-order valence-electron chi connectivity index (χ3n) is 0. The van der Waals surface area contributed by atoms with Crippen LogP contribution in [0.25, 0.3) is 0 Å². The van der Waals surface area contributed by atoms with Gasteiger partial charge in [-0.1, -0.05) is 40.3 Å². The van der Waals surface area contributed by atoms with Crippen LogP contribution in [0.1, 0.15) is 0 Å². The summed E-state index contributed by atoms with van der Waals surface area (Å²) in [6.07, 6.45) is 0. The highest BCUT2D eigenvalue weighted by molar-refractivity contribution is 3.25. The molecule has 0 radical (unpaired) electrons. The maximum atomic E-state index is 9.50. The minimum Gasteiger partial charge on any atom is -0.269 e. The topological polar surface area (TPSA) is 9.72 Å². The molecule has 0 fully saturated rings. The van der Waals surface area contributed by atoms with Crippen molar-refractivity contribution in [1.29, 1.82) is 0 Å². The van der Waals surface area contributed by atoms with Crippen LogP contribution in [0.5, 0.6) is 0 Å². The first kappa shape index (κ1) is 36.9. The number of halogens is 12. The van der Waals surface area contributed by atoms with Gasteiger partial charge in [0.25, 0.3) is 0 Å². The molecule has 0 aromatic heterocycles. The Hall–Kier alpha value is -0.960. The first-order chi connectivity index (χ1) is 5.20. The second kappa shape index (κ2) is 29.2. The molecule has 3 nitrogen and oxygen atoms in total. The summed E-state index contributed by atoms with van der Waals surface area (Å²) in [6, 6.07) is 0. The van der Waals surface area contributed by atoms with Gasteiger partial charge in [-0.15, -0.1) is 0 Å². The van der Waals surface area contributed by atoms with E-state index < -0.39 is 16.7 Å². The van der Waals surface area contributed by atoms with Gasteiger partial charge < -0.3 is 0 Å². The zero-order chi connectivity index (χ0) is 10.7. The second-order valence-corrected chi connectivity index (χ2v) is 0.575. The molecule has 0 amide bonds. The number of hydrogen-bond donors (Lipinski definition) is 0. The van der Waals surface area contributed by atoms with Gasteiger partial charge in [0.05, 0.1) is 0 Å². The Labute approximate surface area is 72.8 Å². The first-order valence-electron chi connectivity index (χ1n) is 1.52. The maximum Gasteiger partial charge on any atom is 0.199 e. The molecule has 0 aliphatic heterocycles. The van der Waals surface area contributed by atoms with Crippen molar-refractivity contribution >= 4 is 0 Å². The molecule has 0 rings (SSSR count). The molecule has 0 N–H and O–H groups in total. The summed E-state index contributed by atoms with van der Waals surface area (Å²) in [5.74, 6) is 0. The smallest absolute Gasteiger partial charge is 0.199 e. The number of hydrogen-bond acceptors (Lipinski definition) is 3. The molecule has 0 aliphatic rings. The lowest BCUT2D eigenvalue weighted by molar-refractivity contribution is -0.296. The van der Waals surface area contributed by atoms with Crippen molar-refractivity contribution in [2.24, 2.45) is 0 Å². The van der Waals surface area contributed by atoms with Crippen LogP contribution in [-0.4, -0.2) is 16.7 Å². The molecule has 0 unspecified atom stereocenters. The van der Waals surface area contributed by atoms with Crippen molar-refractivity contribution in [1.82, 2.24) is 16.7 Å². The third kappa shape index (κ3) is 1720. The van der Waals surface area contributed by atoms with Crippen LogP contribution < -0.4 is 0 Å². The molecule has 102 valence electrons. The van der Waals surface area contributed by atoms with Crippen molar-refractivity contribution in [2.45, 2.75) is 0 Å². The fourth-order valence-electron chi connectivity index (χ4n) is 0. The molecule has 0 bridgehead atoms. The lowest BCUT2D eigenvalue weighted by Crippen LogP contribution is -1.72. The monoisotopic (exact) mass is 273 g/mol. The van der Waals surface area contributed by atoms with E-state index in [4.69, 9.17) is 0 Å². The third-order valence-corrected chi connectivity index (χ3v) is 0. The van der Waals surface area contributed by atoms with Gasteiger partial charge in [-0.2, -0.15) is 0 Å². The zero-order valence-electron chi connectivity index (χ0n) is 5.97. The summed E-state index contributed by atoms with van der Waals surface area (Å²) in [4.78, 5) is 0. The molecule has 0 saturated heterocycles. The highest BCUT2D eigenvalue weighted by Crippen LogP contribution is 1.83. The molecule has 15 heavy (non-hydrogen) atoms. The average Bonchev–Trinajstić information content (AvgIpc) is 1.54. The molecule has 0 aromatic rings. The van der Waals surface area contributed by atoms with E-state index in [1.54, 1.807) is 0 Å². The second-order valence-electron chi connectivity index (χ2n) is 0.575. The highest BCUT2D eigenvalue weighted by Gasteiger charge is 1.81. The van der Waals surface area contributed by atoms with Crippen molar-refractivity contribution in [3.05, 3.63) is 0 Å². The Morgan fingerprint density at radius 3 is 0.333 bits per heavy atom. The van der Waals surface area contributed by atoms with Crippen LogP contribution >= 0.6 is 0 Å². The van der Waals surface area contributed by atoms with E-state index in [0.717, 1.165) is 0 Å². The minimum absolute atomic E-state index is 0. The van der Waals surface area contributed by atoms with Crippen molar-refractivity contribution < 1.29 is 54.4 Å². The highest BCUT2D eigenvalue weighted by atomic mass is 19.5. The Morgan fingerprint density at radius 1 is 0.333 bits per heavy atom. The van der Waals surface area contributed by atoms with Crippen LogP contribution in [0.2, 0.25) is 0 Å². The van der Waals surface area contributed by atoms with Crippen LogP contribution in [0.15, 0.2) is 0 Å². The molecule has 0 heterocycles. The molecule has 0 spiro atoms. The standard InChI is InChI=1S/3F3N.3FH/c3*1-4(2)3;;;/h;;;3*1H. The van der Waals surface area contributed by atoms with E-state index in [2.05, 4.69) is 0 Å². The zero-order valence-corrected chi connectivity index (χ0v) is 5.97. The van der Waals surface area contributed by atoms with Crippen LogP contribution in [-0.2, 0) is 0 Å². The van der Waals surface area contributed by atoms with Gasteiger partial charge in [-0.25, -0.2) is 0 Å². The summed E-state index contributed by atoms with van der Waals surface area (Å²) in [5.41, 5.74) is -7.50.